The number of rotatable bonds is 5. The number of aliphatic hydroxyl groups is 1. The minimum Gasteiger partial charge on any atom is -0.390 e. The summed E-state index contributed by atoms with van der Waals surface area (Å²) in [5, 5.41) is 16.9. The second kappa shape index (κ2) is 6.87. The molecule has 122 valence electrons. The summed E-state index contributed by atoms with van der Waals surface area (Å²) >= 11 is 0. The van der Waals surface area contributed by atoms with Crippen molar-refractivity contribution in [1.82, 2.24) is 24.9 Å². The number of amides is 1. The Kier molecular flexibility index (Phi) is 4.66. The van der Waals surface area contributed by atoms with Crippen molar-refractivity contribution in [2.45, 2.75) is 45.4 Å². The van der Waals surface area contributed by atoms with Crippen LogP contribution in [0.5, 0.6) is 0 Å². The molecule has 0 unspecified atom stereocenters. The van der Waals surface area contributed by atoms with E-state index in [2.05, 4.69) is 22.2 Å². The average molecular weight is 315 g/mol. The van der Waals surface area contributed by atoms with Gasteiger partial charge in [-0.05, 0) is 37.0 Å². The third kappa shape index (κ3) is 3.39. The van der Waals surface area contributed by atoms with E-state index in [1.54, 1.807) is 17.1 Å². The standard InChI is InChI=1S/C16H21N5O2/c1-2-12-5-6-17-15(8-12)16(23)21-7-3-4-14(21)10-20-9-13(11-22)18-19-20/h5-6,8-9,14,22H,2-4,7,10-11H2,1H3/t14-/m0/s1. The fraction of sp³-hybridized carbons (Fsp3) is 0.500. The molecule has 23 heavy (non-hydrogen) atoms. The van der Waals surface area contributed by atoms with E-state index in [-0.39, 0.29) is 18.6 Å². The number of nitrogens with zero attached hydrogens (tertiary/aromatic N) is 5. The average Bonchev–Trinajstić information content (AvgIpc) is 3.24. The van der Waals surface area contributed by atoms with Gasteiger partial charge in [0.15, 0.2) is 0 Å². The van der Waals surface area contributed by atoms with Crippen LogP contribution in [0.15, 0.2) is 24.5 Å². The number of hydrogen-bond donors (Lipinski definition) is 1. The van der Waals surface area contributed by atoms with E-state index < -0.39 is 0 Å². The summed E-state index contributed by atoms with van der Waals surface area (Å²) in [5.41, 5.74) is 2.16. The first kappa shape index (κ1) is 15.6. The molecule has 7 heteroatoms. The number of carbonyl (C=O) groups is 1. The Morgan fingerprint density at radius 3 is 3.09 bits per heavy atom. The fourth-order valence-electron chi connectivity index (χ4n) is 2.97. The van der Waals surface area contributed by atoms with Gasteiger partial charge in [-0.25, -0.2) is 0 Å². The molecule has 1 aliphatic rings. The summed E-state index contributed by atoms with van der Waals surface area (Å²) in [6.45, 7) is 3.27. The SMILES string of the molecule is CCc1ccnc(C(=O)N2CCC[C@H]2Cn2cc(CO)nn2)c1. The van der Waals surface area contributed by atoms with Crippen LogP contribution in [-0.2, 0) is 19.6 Å². The molecule has 1 N–H and O–H groups in total. The first-order chi connectivity index (χ1) is 11.2. The summed E-state index contributed by atoms with van der Waals surface area (Å²) in [4.78, 5) is 18.9. The molecule has 0 aliphatic carbocycles. The highest BCUT2D eigenvalue weighted by Crippen LogP contribution is 2.21. The van der Waals surface area contributed by atoms with E-state index in [9.17, 15) is 4.79 Å². The van der Waals surface area contributed by atoms with E-state index >= 15 is 0 Å². The van der Waals surface area contributed by atoms with Crippen molar-refractivity contribution in [3.05, 3.63) is 41.5 Å². The molecule has 3 heterocycles. The Bertz CT molecular complexity index is 685. The van der Waals surface area contributed by atoms with Crippen LogP contribution in [0.25, 0.3) is 0 Å². The van der Waals surface area contributed by atoms with E-state index in [1.165, 1.54) is 0 Å². The van der Waals surface area contributed by atoms with Gasteiger partial charge in [-0.15, -0.1) is 5.10 Å². The van der Waals surface area contributed by atoms with Gasteiger partial charge in [-0.3, -0.25) is 14.5 Å². The van der Waals surface area contributed by atoms with Crippen molar-refractivity contribution in [2.24, 2.45) is 0 Å². The number of likely N-dealkylation sites (tertiary alicyclic amines) is 1. The van der Waals surface area contributed by atoms with Crippen molar-refractivity contribution < 1.29 is 9.90 Å². The molecular formula is C16H21N5O2. The highest BCUT2D eigenvalue weighted by Gasteiger charge is 2.30. The topological polar surface area (TPSA) is 84.1 Å². The highest BCUT2D eigenvalue weighted by atomic mass is 16.3. The molecule has 1 aliphatic heterocycles. The van der Waals surface area contributed by atoms with Gasteiger partial charge in [0, 0.05) is 12.7 Å². The van der Waals surface area contributed by atoms with Gasteiger partial charge in [0.25, 0.3) is 5.91 Å². The van der Waals surface area contributed by atoms with Gasteiger partial charge >= 0.3 is 0 Å². The second-order valence-corrected chi connectivity index (χ2v) is 5.79. The normalized spacial score (nSPS) is 17.7. The Hall–Kier alpha value is -2.28. The monoisotopic (exact) mass is 315 g/mol. The molecule has 2 aromatic heterocycles. The van der Waals surface area contributed by atoms with E-state index in [0.29, 0.717) is 17.9 Å². The Morgan fingerprint density at radius 1 is 1.48 bits per heavy atom. The van der Waals surface area contributed by atoms with Gasteiger partial charge in [0.1, 0.15) is 11.4 Å². The van der Waals surface area contributed by atoms with Crippen molar-refractivity contribution in [3.8, 4) is 0 Å². The smallest absolute Gasteiger partial charge is 0.272 e. The summed E-state index contributed by atoms with van der Waals surface area (Å²) in [7, 11) is 0. The van der Waals surface area contributed by atoms with Crippen LogP contribution in [0.1, 0.15) is 41.5 Å². The van der Waals surface area contributed by atoms with E-state index in [4.69, 9.17) is 5.11 Å². The van der Waals surface area contributed by atoms with Gasteiger partial charge < -0.3 is 10.0 Å². The first-order valence-electron chi connectivity index (χ1n) is 7.97. The highest BCUT2D eigenvalue weighted by molar-refractivity contribution is 5.92. The van der Waals surface area contributed by atoms with Crippen LogP contribution in [0.4, 0.5) is 0 Å². The molecule has 0 spiro atoms. The lowest BCUT2D eigenvalue weighted by Crippen LogP contribution is -2.38. The maximum atomic E-state index is 12.8. The molecule has 0 aromatic carbocycles. The van der Waals surface area contributed by atoms with Gasteiger partial charge in [-0.1, -0.05) is 12.1 Å². The van der Waals surface area contributed by atoms with Crippen LogP contribution in [-0.4, -0.2) is 48.5 Å². The summed E-state index contributed by atoms with van der Waals surface area (Å²) in [6, 6.07) is 3.89. The third-order valence-corrected chi connectivity index (χ3v) is 4.24. The minimum atomic E-state index is -0.124. The number of carbonyl (C=O) groups excluding carboxylic acids is 1. The predicted octanol–water partition coefficient (Wildman–Crippen LogP) is 1.03. The van der Waals surface area contributed by atoms with E-state index in [0.717, 1.165) is 31.4 Å². The number of aromatic nitrogens is 4. The van der Waals surface area contributed by atoms with Crippen molar-refractivity contribution in [2.75, 3.05) is 6.54 Å². The van der Waals surface area contributed by atoms with Crippen LogP contribution < -0.4 is 0 Å². The summed E-state index contributed by atoms with van der Waals surface area (Å²) in [6.07, 6.45) is 6.22. The van der Waals surface area contributed by atoms with E-state index in [1.807, 2.05) is 17.0 Å². The summed E-state index contributed by atoms with van der Waals surface area (Å²) in [5.74, 6) is -0.0229. The van der Waals surface area contributed by atoms with Crippen LogP contribution in [0, 0.1) is 0 Å². The molecule has 1 amide bonds. The van der Waals surface area contributed by atoms with Gasteiger partial charge in [0.2, 0.25) is 0 Å². The minimum absolute atomic E-state index is 0.0229. The number of hydrogen-bond acceptors (Lipinski definition) is 5. The lowest BCUT2D eigenvalue weighted by molar-refractivity contribution is 0.0715. The number of aliphatic hydroxyl groups excluding tert-OH is 1. The van der Waals surface area contributed by atoms with Gasteiger partial charge in [-0.2, -0.15) is 0 Å². The maximum Gasteiger partial charge on any atom is 0.272 e. The van der Waals surface area contributed by atoms with Crippen LogP contribution >= 0.6 is 0 Å². The summed E-state index contributed by atoms with van der Waals surface area (Å²) < 4.78 is 1.69. The molecule has 1 atom stereocenters. The molecular weight excluding hydrogens is 294 g/mol. The molecule has 7 nitrogen and oxygen atoms in total. The second-order valence-electron chi connectivity index (χ2n) is 5.79. The quantitative estimate of drug-likeness (QED) is 0.891. The van der Waals surface area contributed by atoms with Crippen LogP contribution in [0.2, 0.25) is 0 Å². The zero-order valence-electron chi connectivity index (χ0n) is 13.2. The molecule has 0 bridgehead atoms. The number of aryl methyl sites for hydroxylation is 1. The molecule has 2 aromatic rings. The Morgan fingerprint density at radius 2 is 2.35 bits per heavy atom. The molecule has 1 saturated heterocycles. The fourth-order valence-corrected chi connectivity index (χ4v) is 2.97. The zero-order chi connectivity index (χ0) is 16.2. The molecule has 3 rings (SSSR count). The molecule has 1 fully saturated rings. The predicted molar refractivity (Wildman–Crippen MR) is 83.6 cm³/mol. The zero-order valence-corrected chi connectivity index (χ0v) is 13.2. The molecule has 0 saturated carbocycles. The van der Waals surface area contributed by atoms with Gasteiger partial charge in [0.05, 0.1) is 25.4 Å². The maximum absolute atomic E-state index is 12.8. The Labute approximate surface area is 134 Å². The van der Waals surface area contributed by atoms with Crippen molar-refractivity contribution in [1.29, 1.82) is 0 Å². The lowest BCUT2D eigenvalue weighted by Gasteiger charge is -2.24. The largest absolute Gasteiger partial charge is 0.390 e. The lowest BCUT2D eigenvalue weighted by atomic mass is 10.1. The van der Waals surface area contributed by atoms with Crippen molar-refractivity contribution >= 4 is 5.91 Å². The number of pyridine rings is 1. The van der Waals surface area contributed by atoms with Crippen molar-refractivity contribution in [3.63, 3.8) is 0 Å². The van der Waals surface area contributed by atoms with Crippen LogP contribution in [0.3, 0.4) is 0 Å². The third-order valence-electron chi connectivity index (χ3n) is 4.24. The molecule has 0 radical (unpaired) electrons. The first-order valence-corrected chi connectivity index (χ1v) is 7.97. The Balaban J connectivity index is 1.73.